The Labute approximate surface area is 129 Å². The Hall–Kier alpha value is -1.62. The van der Waals surface area contributed by atoms with Gasteiger partial charge in [-0.1, -0.05) is 6.92 Å². The van der Waals surface area contributed by atoms with Crippen molar-refractivity contribution in [3.63, 3.8) is 0 Å². The maximum Gasteiger partial charge on any atom is 0.261 e. The van der Waals surface area contributed by atoms with Crippen LogP contribution in [0.4, 0.5) is 0 Å². The van der Waals surface area contributed by atoms with Crippen molar-refractivity contribution in [2.45, 2.75) is 45.7 Å². The van der Waals surface area contributed by atoms with E-state index in [4.69, 9.17) is 0 Å². The largest absolute Gasteiger partial charge is 0.347 e. The Balaban J connectivity index is 1.63. The first-order chi connectivity index (χ1) is 10.1. The molecule has 21 heavy (non-hydrogen) atoms. The summed E-state index contributed by atoms with van der Waals surface area (Å²) >= 11 is 1.66. The standard InChI is InChI=1S/C16H21N3OS/c1-11-3-4-14-13(7-11)8-15(21-14)16(20)18-12(2)9-19-6-5-17-10-19/h5-6,8,10-12H,3-4,7,9H2,1-2H3,(H,18,20)/t11-,12+/m1/s1. The van der Waals surface area contributed by atoms with Crippen molar-refractivity contribution < 1.29 is 4.79 Å². The molecule has 1 amide bonds. The van der Waals surface area contributed by atoms with Crippen LogP contribution in [0.15, 0.2) is 24.8 Å². The summed E-state index contributed by atoms with van der Waals surface area (Å²) in [5, 5.41) is 3.08. The monoisotopic (exact) mass is 303 g/mol. The van der Waals surface area contributed by atoms with Gasteiger partial charge in [-0.25, -0.2) is 4.98 Å². The number of nitrogens with one attached hydrogen (secondary N) is 1. The molecule has 1 aliphatic rings. The molecule has 0 saturated heterocycles. The van der Waals surface area contributed by atoms with Crippen LogP contribution < -0.4 is 5.32 Å². The second kappa shape index (κ2) is 6.02. The average Bonchev–Trinajstić information content (AvgIpc) is 3.06. The number of carbonyl (C=O) groups excluding carboxylic acids is 1. The lowest BCUT2D eigenvalue weighted by Gasteiger charge is -2.16. The lowest BCUT2D eigenvalue weighted by molar-refractivity contribution is 0.0940. The molecule has 0 bridgehead atoms. The molecule has 0 aliphatic heterocycles. The van der Waals surface area contributed by atoms with E-state index in [0.29, 0.717) is 0 Å². The van der Waals surface area contributed by atoms with Gasteiger partial charge in [-0.05, 0) is 43.7 Å². The number of imidazole rings is 1. The molecule has 1 N–H and O–H groups in total. The van der Waals surface area contributed by atoms with Gasteiger partial charge in [0.1, 0.15) is 0 Å². The number of aromatic nitrogens is 2. The molecular weight excluding hydrogens is 282 g/mol. The Kier molecular flexibility index (Phi) is 4.10. The molecule has 0 aromatic carbocycles. The first-order valence-electron chi connectivity index (χ1n) is 7.50. The molecule has 1 aliphatic carbocycles. The van der Waals surface area contributed by atoms with Crippen LogP contribution in [0.1, 0.15) is 40.4 Å². The van der Waals surface area contributed by atoms with Gasteiger partial charge < -0.3 is 9.88 Å². The molecule has 0 spiro atoms. The summed E-state index contributed by atoms with van der Waals surface area (Å²) in [5.41, 5.74) is 1.38. The SMILES string of the molecule is C[C@@H]1CCc2sc(C(=O)N[C@@H](C)Cn3ccnc3)cc2C1. The average molecular weight is 303 g/mol. The predicted octanol–water partition coefficient (Wildman–Crippen LogP) is 2.89. The Bertz CT molecular complexity index is 618. The van der Waals surface area contributed by atoms with E-state index in [1.807, 2.05) is 17.7 Å². The highest BCUT2D eigenvalue weighted by molar-refractivity contribution is 7.14. The quantitative estimate of drug-likeness (QED) is 0.944. The van der Waals surface area contributed by atoms with Crippen LogP contribution in [-0.2, 0) is 19.4 Å². The molecular formula is C16H21N3OS. The molecule has 2 aromatic heterocycles. The van der Waals surface area contributed by atoms with Gasteiger partial charge in [-0.15, -0.1) is 11.3 Å². The van der Waals surface area contributed by atoms with E-state index in [0.717, 1.165) is 30.2 Å². The topological polar surface area (TPSA) is 46.9 Å². The summed E-state index contributed by atoms with van der Waals surface area (Å²) in [6.45, 7) is 5.05. The lowest BCUT2D eigenvalue weighted by Crippen LogP contribution is -2.35. The zero-order valence-corrected chi connectivity index (χ0v) is 13.3. The fourth-order valence-electron chi connectivity index (χ4n) is 2.87. The van der Waals surface area contributed by atoms with Crippen molar-refractivity contribution in [2.75, 3.05) is 0 Å². The van der Waals surface area contributed by atoms with Gasteiger partial charge in [0, 0.05) is 29.9 Å². The minimum atomic E-state index is 0.0506. The van der Waals surface area contributed by atoms with Crippen molar-refractivity contribution in [1.29, 1.82) is 0 Å². The number of thiophene rings is 1. The lowest BCUT2D eigenvalue weighted by atomic mass is 9.90. The summed E-state index contributed by atoms with van der Waals surface area (Å²) in [5.74, 6) is 0.790. The fourth-order valence-corrected chi connectivity index (χ4v) is 3.98. The Morgan fingerprint density at radius 3 is 3.24 bits per heavy atom. The molecule has 5 heteroatoms. The van der Waals surface area contributed by atoms with Crippen molar-refractivity contribution in [1.82, 2.24) is 14.9 Å². The number of hydrogen-bond acceptors (Lipinski definition) is 3. The molecule has 2 atom stereocenters. The molecule has 0 radical (unpaired) electrons. The molecule has 0 unspecified atom stereocenters. The molecule has 2 heterocycles. The first-order valence-corrected chi connectivity index (χ1v) is 8.31. The number of nitrogens with zero attached hydrogens (tertiary/aromatic N) is 2. The first kappa shape index (κ1) is 14.3. The van der Waals surface area contributed by atoms with Crippen LogP contribution in [0, 0.1) is 5.92 Å². The Morgan fingerprint density at radius 2 is 2.48 bits per heavy atom. The summed E-state index contributed by atoms with van der Waals surface area (Å²) < 4.78 is 1.98. The summed E-state index contributed by atoms with van der Waals surface area (Å²) in [4.78, 5) is 18.6. The van der Waals surface area contributed by atoms with E-state index in [-0.39, 0.29) is 11.9 Å². The van der Waals surface area contributed by atoms with E-state index >= 15 is 0 Å². The Morgan fingerprint density at radius 1 is 1.62 bits per heavy atom. The number of rotatable bonds is 4. The summed E-state index contributed by atoms with van der Waals surface area (Å²) in [6, 6.07) is 2.18. The van der Waals surface area contributed by atoms with Gasteiger partial charge >= 0.3 is 0 Å². The third kappa shape index (κ3) is 3.35. The third-order valence-electron chi connectivity index (χ3n) is 3.97. The van der Waals surface area contributed by atoms with Crippen molar-refractivity contribution in [3.05, 3.63) is 40.1 Å². The van der Waals surface area contributed by atoms with Crippen LogP contribution in [0.2, 0.25) is 0 Å². The maximum atomic E-state index is 12.4. The van der Waals surface area contributed by atoms with E-state index in [9.17, 15) is 4.79 Å². The molecule has 0 saturated carbocycles. The van der Waals surface area contributed by atoms with E-state index in [2.05, 4.69) is 23.3 Å². The van der Waals surface area contributed by atoms with Crippen molar-refractivity contribution >= 4 is 17.2 Å². The number of hydrogen-bond donors (Lipinski definition) is 1. The smallest absolute Gasteiger partial charge is 0.261 e. The van der Waals surface area contributed by atoms with Crippen LogP contribution in [-0.4, -0.2) is 21.5 Å². The number of amides is 1. The van der Waals surface area contributed by atoms with Crippen LogP contribution >= 0.6 is 11.3 Å². The molecule has 0 fully saturated rings. The highest BCUT2D eigenvalue weighted by Gasteiger charge is 2.21. The zero-order chi connectivity index (χ0) is 14.8. The second-order valence-electron chi connectivity index (χ2n) is 6.04. The molecule has 4 nitrogen and oxygen atoms in total. The summed E-state index contributed by atoms with van der Waals surface area (Å²) in [6.07, 6.45) is 8.92. The van der Waals surface area contributed by atoms with Gasteiger partial charge in [-0.3, -0.25) is 4.79 Å². The number of fused-ring (bicyclic) bond motifs is 1. The van der Waals surface area contributed by atoms with Crippen LogP contribution in [0.5, 0.6) is 0 Å². The highest BCUT2D eigenvalue weighted by Crippen LogP contribution is 2.32. The van der Waals surface area contributed by atoms with Gasteiger partial charge in [0.25, 0.3) is 5.91 Å². The normalized spacial score (nSPS) is 19.0. The zero-order valence-electron chi connectivity index (χ0n) is 12.5. The number of carbonyl (C=O) groups is 1. The van der Waals surface area contributed by atoms with Crippen molar-refractivity contribution in [2.24, 2.45) is 5.92 Å². The highest BCUT2D eigenvalue weighted by atomic mass is 32.1. The van der Waals surface area contributed by atoms with E-state index < -0.39 is 0 Å². The van der Waals surface area contributed by atoms with E-state index in [1.165, 1.54) is 16.9 Å². The van der Waals surface area contributed by atoms with E-state index in [1.54, 1.807) is 23.9 Å². The molecule has 112 valence electrons. The minimum Gasteiger partial charge on any atom is -0.347 e. The van der Waals surface area contributed by atoms with Crippen LogP contribution in [0.25, 0.3) is 0 Å². The van der Waals surface area contributed by atoms with Gasteiger partial charge in [0.05, 0.1) is 11.2 Å². The maximum absolute atomic E-state index is 12.4. The summed E-state index contributed by atoms with van der Waals surface area (Å²) in [7, 11) is 0. The van der Waals surface area contributed by atoms with Gasteiger partial charge in [-0.2, -0.15) is 0 Å². The molecule has 3 rings (SSSR count). The third-order valence-corrected chi connectivity index (χ3v) is 5.21. The number of aryl methyl sites for hydroxylation is 1. The second-order valence-corrected chi connectivity index (χ2v) is 7.18. The van der Waals surface area contributed by atoms with Crippen molar-refractivity contribution in [3.8, 4) is 0 Å². The molecule has 2 aromatic rings. The predicted molar refractivity (Wildman–Crippen MR) is 84.7 cm³/mol. The van der Waals surface area contributed by atoms with Gasteiger partial charge in [0.15, 0.2) is 0 Å². The fraction of sp³-hybridized carbons (Fsp3) is 0.500. The van der Waals surface area contributed by atoms with Gasteiger partial charge in [0.2, 0.25) is 0 Å². The minimum absolute atomic E-state index is 0.0506. The van der Waals surface area contributed by atoms with Crippen LogP contribution in [0.3, 0.4) is 0 Å².